The molecule has 7 heteroatoms. The molecule has 0 aromatic heterocycles. The number of carbonyl (C=O) groups is 2. The Morgan fingerprint density at radius 2 is 1.91 bits per heavy atom. The van der Waals surface area contributed by atoms with Crippen molar-refractivity contribution in [3.05, 3.63) is 41.0 Å². The Morgan fingerprint density at radius 3 is 2.55 bits per heavy atom. The van der Waals surface area contributed by atoms with Crippen molar-refractivity contribution in [1.29, 1.82) is 0 Å². The van der Waals surface area contributed by atoms with Crippen LogP contribution in [-0.4, -0.2) is 24.9 Å². The molecule has 1 heterocycles. The Labute approximate surface area is 126 Å². The predicted molar refractivity (Wildman–Crippen MR) is 77.5 cm³/mol. The molecule has 1 N–H and O–H groups in total. The largest absolute Gasteiger partial charge is 0.386 e. The molecule has 3 rings (SSSR count). The highest BCUT2D eigenvalue weighted by Crippen LogP contribution is 2.35. The smallest absolute Gasteiger partial charge is 0.346 e. The highest BCUT2D eigenvalue weighted by Gasteiger charge is 2.32. The van der Waals surface area contributed by atoms with Crippen LogP contribution in [0.5, 0.6) is 0 Å². The van der Waals surface area contributed by atoms with Crippen molar-refractivity contribution in [2.45, 2.75) is 24.7 Å². The van der Waals surface area contributed by atoms with Gasteiger partial charge in [-0.2, -0.15) is 8.42 Å². The Balaban J connectivity index is 2.56. The zero-order chi connectivity index (χ0) is 16.1. The normalized spacial score (nSPS) is 14.3. The van der Waals surface area contributed by atoms with Crippen LogP contribution in [0.2, 0.25) is 0 Å². The maximum absolute atomic E-state index is 12.1. The van der Waals surface area contributed by atoms with Gasteiger partial charge in [-0.1, -0.05) is 25.5 Å². The van der Waals surface area contributed by atoms with Gasteiger partial charge in [0.25, 0.3) is 10.1 Å². The number of hydrogen-bond acceptors (Lipinski definition) is 5. The summed E-state index contributed by atoms with van der Waals surface area (Å²) < 4.78 is 37.5. The van der Waals surface area contributed by atoms with Crippen LogP contribution in [0.4, 0.5) is 0 Å². The number of aryl methyl sites for hydroxylation is 1. The molecule has 0 saturated carbocycles. The van der Waals surface area contributed by atoms with Gasteiger partial charge in [0, 0.05) is 10.8 Å². The molecule has 22 heavy (non-hydrogen) atoms. The minimum atomic E-state index is -4.49. The van der Waals surface area contributed by atoms with E-state index in [1.165, 1.54) is 24.3 Å². The Morgan fingerprint density at radius 1 is 1.18 bits per heavy atom. The molecule has 0 spiro atoms. The van der Waals surface area contributed by atoms with Gasteiger partial charge in [0.2, 0.25) is 0 Å². The van der Waals surface area contributed by atoms with Crippen LogP contribution < -0.4 is 0 Å². The molecular formula is C15H12O6S. The molecule has 0 atom stereocenters. The summed E-state index contributed by atoms with van der Waals surface area (Å²) in [5.74, 6) is -1.61. The van der Waals surface area contributed by atoms with Crippen LogP contribution in [0.15, 0.2) is 29.2 Å². The molecule has 6 nitrogen and oxygen atoms in total. The van der Waals surface area contributed by atoms with Crippen LogP contribution in [0.25, 0.3) is 10.8 Å². The molecule has 1 aliphatic heterocycles. The average Bonchev–Trinajstić information content (AvgIpc) is 2.43. The summed E-state index contributed by atoms with van der Waals surface area (Å²) in [6.07, 6.45) is 1.08. The maximum atomic E-state index is 12.1. The fraction of sp³-hybridized carbons (Fsp3) is 0.200. The fourth-order valence-electron chi connectivity index (χ4n) is 2.77. The molecule has 0 unspecified atom stereocenters. The summed E-state index contributed by atoms with van der Waals surface area (Å²) in [4.78, 5) is 23.6. The summed E-state index contributed by atoms with van der Waals surface area (Å²) in [7, 11) is -4.49. The molecule has 0 amide bonds. The van der Waals surface area contributed by atoms with Crippen molar-refractivity contribution in [3.63, 3.8) is 0 Å². The van der Waals surface area contributed by atoms with Gasteiger partial charge in [0.05, 0.1) is 11.1 Å². The number of rotatable bonds is 3. The monoisotopic (exact) mass is 320 g/mol. The second kappa shape index (κ2) is 4.89. The van der Waals surface area contributed by atoms with Crippen molar-refractivity contribution in [2.24, 2.45) is 0 Å². The lowest BCUT2D eigenvalue weighted by Crippen LogP contribution is -2.22. The summed E-state index contributed by atoms with van der Waals surface area (Å²) in [6.45, 7) is 1.87. The van der Waals surface area contributed by atoms with Gasteiger partial charge in [-0.3, -0.25) is 4.55 Å². The van der Waals surface area contributed by atoms with E-state index in [2.05, 4.69) is 0 Å². The van der Waals surface area contributed by atoms with Gasteiger partial charge in [-0.05, 0) is 24.1 Å². The lowest BCUT2D eigenvalue weighted by Gasteiger charge is -2.20. The van der Waals surface area contributed by atoms with Crippen LogP contribution in [0.1, 0.15) is 39.6 Å². The summed E-state index contributed by atoms with van der Waals surface area (Å²) in [6, 6.07) is 5.67. The number of benzene rings is 2. The van der Waals surface area contributed by atoms with Crippen molar-refractivity contribution in [2.75, 3.05) is 0 Å². The third-order valence-corrected chi connectivity index (χ3v) is 4.51. The molecule has 0 fully saturated rings. The minimum Gasteiger partial charge on any atom is -0.386 e. The van der Waals surface area contributed by atoms with Gasteiger partial charge >= 0.3 is 11.9 Å². The van der Waals surface area contributed by atoms with Crippen molar-refractivity contribution in [3.8, 4) is 0 Å². The number of hydrogen-bond donors (Lipinski definition) is 1. The maximum Gasteiger partial charge on any atom is 0.346 e. The molecule has 0 bridgehead atoms. The van der Waals surface area contributed by atoms with E-state index in [4.69, 9.17) is 4.74 Å². The average molecular weight is 320 g/mol. The number of esters is 2. The zero-order valence-electron chi connectivity index (χ0n) is 11.6. The molecule has 2 aromatic carbocycles. The van der Waals surface area contributed by atoms with Crippen LogP contribution in [-0.2, 0) is 21.3 Å². The van der Waals surface area contributed by atoms with Crippen LogP contribution >= 0.6 is 0 Å². The van der Waals surface area contributed by atoms with Crippen molar-refractivity contribution in [1.82, 2.24) is 0 Å². The number of carbonyl (C=O) groups excluding carboxylic acids is 2. The first kappa shape index (κ1) is 14.7. The van der Waals surface area contributed by atoms with E-state index in [1.807, 2.05) is 6.92 Å². The molecule has 0 aliphatic carbocycles. The quantitative estimate of drug-likeness (QED) is 0.529. The second-order valence-corrected chi connectivity index (χ2v) is 6.43. The van der Waals surface area contributed by atoms with E-state index in [0.717, 1.165) is 0 Å². The van der Waals surface area contributed by atoms with Gasteiger partial charge in [-0.25, -0.2) is 9.59 Å². The standard InChI is InChI=1S/C15H12O6S/c1-2-4-8-7-11(22(18,19)20)9-5-3-6-10-13(9)12(8)15(17)21-14(10)16/h3,5-7H,2,4H2,1H3,(H,18,19,20). The minimum absolute atomic E-state index is 0.120. The first-order valence-corrected chi connectivity index (χ1v) is 8.11. The first-order chi connectivity index (χ1) is 10.3. The van der Waals surface area contributed by atoms with E-state index >= 15 is 0 Å². The fourth-order valence-corrected chi connectivity index (χ4v) is 3.51. The first-order valence-electron chi connectivity index (χ1n) is 6.67. The summed E-state index contributed by atoms with van der Waals surface area (Å²) in [5, 5.41) is 0.363. The molecule has 1 aliphatic rings. The third kappa shape index (κ3) is 2.10. The summed E-state index contributed by atoms with van der Waals surface area (Å²) in [5.41, 5.74) is 0.752. The van der Waals surface area contributed by atoms with E-state index < -0.39 is 22.1 Å². The van der Waals surface area contributed by atoms with Gasteiger partial charge in [-0.15, -0.1) is 0 Å². The SMILES string of the molecule is CCCc1cc(S(=O)(=O)O)c2cccc3c2c1C(=O)OC3=O. The zero-order valence-corrected chi connectivity index (χ0v) is 12.4. The van der Waals surface area contributed by atoms with E-state index in [1.54, 1.807) is 0 Å². The number of ether oxygens (including phenoxy) is 1. The molecule has 114 valence electrons. The second-order valence-electron chi connectivity index (χ2n) is 5.04. The van der Waals surface area contributed by atoms with Gasteiger partial charge in [0.1, 0.15) is 4.90 Å². The lowest BCUT2D eigenvalue weighted by molar-refractivity contribution is 0.0390. The van der Waals surface area contributed by atoms with E-state index in [0.29, 0.717) is 18.4 Å². The highest BCUT2D eigenvalue weighted by molar-refractivity contribution is 7.86. The predicted octanol–water partition coefficient (Wildman–Crippen LogP) is 2.35. The molecular weight excluding hydrogens is 308 g/mol. The van der Waals surface area contributed by atoms with Gasteiger partial charge in [0.15, 0.2) is 0 Å². The van der Waals surface area contributed by atoms with Crippen LogP contribution in [0.3, 0.4) is 0 Å². The topological polar surface area (TPSA) is 97.7 Å². The third-order valence-electron chi connectivity index (χ3n) is 3.61. The van der Waals surface area contributed by atoms with E-state index in [-0.39, 0.29) is 26.8 Å². The van der Waals surface area contributed by atoms with Crippen LogP contribution in [0, 0.1) is 0 Å². The van der Waals surface area contributed by atoms with Crippen molar-refractivity contribution >= 4 is 32.8 Å². The van der Waals surface area contributed by atoms with Crippen molar-refractivity contribution < 1.29 is 27.3 Å². The Kier molecular flexibility index (Phi) is 3.26. The molecule has 2 aromatic rings. The molecule has 0 saturated heterocycles. The Hall–Kier alpha value is -2.25. The highest BCUT2D eigenvalue weighted by atomic mass is 32.2. The lowest BCUT2D eigenvalue weighted by atomic mass is 9.91. The molecule has 0 radical (unpaired) electrons. The summed E-state index contributed by atoms with van der Waals surface area (Å²) >= 11 is 0. The van der Waals surface area contributed by atoms with E-state index in [9.17, 15) is 22.6 Å². The number of cyclic esters (lactones) is 2. The van der Waals surface area contributed by atoms with Gasteiger partial charge < -0.3 is 4.74 Å². The Bertz CT molecular complexity index is 927.